The third-order valence-electron chi connectivity index (χ3n) is 4.29. The van der Waals surface area contributed by atoms with Crippen LogP contribution in [0.25, 0.3) is 0 Å². The first-order valence-corrected chi connectivity index (χ1v) is 7.23. The quantitative estimate of drug-likeness (QED) is 0.792. The molecule has 1 atom stereocenters. The largest absolute Gasteiger partial charge is 0.207 e. The molecule has 0 aromatic heterocycles. The van der Waals surface area contributed by atoms with E-state index in [2.05, 4.69) is 12.1 Å². The van der Waals surface area contributed by atoms with Gasteiger partial charge in [0, 0.05) is 0 Å². The zero-order chi connectivity index (χ0) is 14.1. The molecule has 2 heteroatoms. The van der Waals surface area contributed by atoms with Crippen LogP contribution in [0.3, 0.4) is 0 Å². The summed E-state index contributed by atoms with van der Waals surface area (Å²) in [7, 11) is 0. The van der Waals surface area contributed by atoms with Gasteiger partial charge in [-0.2, -0.15) is 5.26 Å². The minimum atomic E-state index is -0.127. The summed E-state index contributed by atoms with van der Waals surface area (Å²) < 4.78 is 13.6. The highest BCUT2D eigenvalue weighted by atomic mass is 19.1. The van der Waals surface area contributed by atoms with Crippen molar-refractivity contribution in [1.29, 1.82) is 5.26 Å². The van der Waals surface area contributed by atoms with Crippen molar-refractivity contribution in [3.05, 3.63) is 58.4 Å². The first kappa shape index (κ1) is 13.1. The van der Waals surface area contributed by atoms with Crippen LogP contribution >= 0.6 is 0 Å². The van der Waals surface area contributed by atoms with E-state index in [1.807, 2.05) is 18.2 Å². The summed E-state index contributed by atoms with van der Waals surface area (Å²) in [5, 5.41) is 9.17. The zero-order valence-corrected chi connectivity index (χ0v) is 11.7. The van der Waals surface area contributed by atoms with Gasteiger partial charge in [-0.25, -0.2) is 4.39 Å². The molecule has 0 saturated heterocycles. The lowest BCUT2D eigenvalue weighted by Gasteiger charge is -2.20. The molecule has 0 bridgehead atoms. The summed E-state index contributed by atoms with van der Waals surface area (Å²) in [5.74, 6) is 0.898. The predicted octanol–water partition coefficient (Wildman–Crippen LogP) is 4.48. The van der Waals surface area contributed by atoms with Crippen LogP contribution in [0.15, 0.2) is 41.5 Å². The van der Waals surface area contributed by atoms with Gasteiger partial charge in [-0.15, -0.1) is 0 Å². The van der Waals surface area contributed by atoms with E-state index in [4.69, 9.17) is 0 Å². The van der Waals surface area contributed by atoms with Crippen molar-refractivity contribution in [3.8, 4) is 6.07 Å². The van der Waals surface area contributed by atoms with Crippen LogP contribution in [0.2, 0.25) is 0 Å². The number of allylic oxidation sites excluding steroid dienone is 4. The molecule has 3 rings (SSSR count). The lowest BCUT2D eigenvalue weighted by atomic mass is 9.84. The lowest BCUT2D eigenvalue weighted by molar-refractivity contribution is 0.593. The highest BCUT2D eigenvalue weighted by molar-refractivity contribution is 5.43. The fraction of sp³-hybridized carbons (Fsp3) is 0.389. The minimum absolute atomic E-state index is 0.127. The van der Waals surface area contributed by atoms with Gasteiger partial charge in [-0.1, -0.05) is 18.2 Å². The standard InChI is InChI=1S/C18H18FN/c1-12-2-3-14(10-18(12)19)8-13-4-5-16(11-20)17(9-13)15-6-7-15/h2-5,10,13,15H,6-9H2,1H3. The van der Waals surface area contributed by atoms with Crippen LogP contribution in [-0.2, 0) is 6.42 Å². The average molecular weight is 267 g/mol. The van der Waals surface area contributed by atoms with Crippen molar-refractivity contribution in [2.45, 2.75) is 32.6 Å². The van der Waals surface area contributed by atoms with Crippen molar-refractivity contribution in [1.82, 2.24) is 0 Å². The van der Waals surface area contributed by atoms with Gasteiger partial charge in [-0.05, 0) is 73.3 Å². The number of rotatable bonds is 3. The van der Waals surface area contributed by atoms with Crippen molar-refractivity contribution in [3.63, 3.8) is 0 Å². The van der Waals surface area contributed by atoms with E-state index in [0.29, 0.717) is 17.4 Å². The maximum absolute atomic E-state index is 13.6. The van der Waals surface area contributed by atoms with Crippen molar-refractivity contribution >= 4 is 0 Å². The highest BCUT2D eigenvalue weighted by Crippen LogP contribution is 2.43. The van der Waals surface area contributed by atoms with E-state index in [-0.39, 0.29) is 5.82 Å². The summed E-state index contributed by atoms with van der Waals surface area (Å²) >= 11 is 0. The fourth-order valence-corrected chi connectivity index (χ4v) is 2.93. The van der Waals surface area contributed by atoms with Gasteiger partial charge in [0.2, 0.25) is 0 Å². The van der Waals surface area contributed by atoms with Gasteiger partial charge in [0.05, 0.1) is 11.6 Å². The number of benzene rings is 1. The predicted molar refractivity (Wildman–Crippen MR) is 77.5 cm³/mol. The summed E-state index contributed by atoms with van der Waals surface area (Å²) in [5.41, 5.74) is 3.92. The Hall–Kier alpha value is -1.88. The van der Waals surface area contributed by atoms with Crippen molar-refractivity contribution in [2.75, 3.05) is 0 Å². The average Bonchev–Trinajstić information content (AvgIpc) is 3.27. The van der Waals surface area contributed by atoms with Crippen LogP contribution < -0.4 is 0 Å². The molecule has 1 aromatic carbocycles. The van der Waals surface area contributed by atoms with Crippen LogP contribution in [-0.4, -0.2) is 0 Å². The molecule has 1 saturated carbocycles. The van der Waals surface area contributed by atoms with E-state index in [1.54, 1.807) is 13.0 Å². The third kappa shape index (κ3) is 2.67. The van der Waals surface area contributed by atoms with Gasteiger partial charge < -0.3 is 0 Å². The highest BCUT2D eigenvalue weighted by Gasteiger charge is 2.30. The molecule has 2 aliphatic carbocycles. The zero-order valence-electron chi connectivity index (χ0n) is 11.7. The molecule has 0 spiro atoms. The smallest absolute Gasteiger partial charge is 0.126 e. The number of aryl methyl sites for hydroxylation is 1. The Labute approximate surface area is 119 Å². The van der Waals surface area contributed by atoms with E-state index in [1.165, 1.54) is 18.4 Å². The minimum Gasteiger partial charge on any atom is -0.207 e. The molecule has 102 valence electrons. The van der Waals surface area contributed by atoms with Gasteiger partial charge in [-0.3, -0.25) is 0 Å². The molecule has 0 amide bonds. The Morgan fingerprint density at radius 2 is 2.15 bits per heavy atom. The number of halogens is 1. The normalized spacial score (nSPS) is 21.9. The second-order valence-corrected chi connectivity index (χ2v) is 5.94. The first-order valence-electron chi connectivity index (χ1n) is 7.23. The Bertz CT molecular complexity index is 629. The fourth-order valence-electron chi connectivity index (χ4n) is 2.93. The van der Waals surface area contributed by atoms with Crippen molar-refractivity contribution < 1.29 is 4.39 Å². The maximum Gasteiger partial charge on any atom is 0.126 e. The monoisotopic (exact) mass is 267 g/mol. The number of nitrogens with zero attached hydrogens (tertiary/aromatic N) is 1. The first-order chi connectivity index (χ1) is 9.67. The molecule has 1 fully saturated rings. The summed E-state index contributed by atoms with van der Waals surface area (Å²) in [6.07, 6.45) is 8.33. The Morgan fingerprint density at radius 1 is 1.35 bits per heavy atom. The molecule has 20 heavy (non-hydrogen) atoms. The molecular formula is C18H18FN. The van der Waals surface area contributed by atoms with Gasteiger partial charge >= 0.3 is 0 Å². The van der Waals surface area contributed by atoms with E-state index in [9.17, 15) is 9.65 Å². The lowest BCUT2D eigenvalue weighted by Crippen LogP contribution is -2.09. The Balaban J connectivity index is 1.74. The second kappa shape index (κ2) is 5.25. The molecular weight excluding hydrogens is 249 g/mol. The Morgan fingerprint density at radius 3 is 2.80 bits per heavy atom. The molecule has 0 aliphatic heterocycles. The van der Waals surface area contributed by atoms with Gasteiger partial charge in [0.15, 0.2) is 0 Å². The summed E-state index contributed by atoms with van der Waals surface area (Å²) in [6, 6.07) is 7.80. The SMILES string of the molecule is Cc1ccc(CC2C=CC(C#N)=C(C3CC3)C2)cc1F. The molecule has 1 nitrogen and oxygen atoms in total. The van der Waals surface area contributed by atoms with Gasteiger partial charge in [0.1, 0.15) is 5.82 Å². The molecule has 1 aromatic rings. The van der Waals surface area contributed by atoms with Crippen LogP contribution in [0, 0.1) is 35.9 Å². The molecule has 0 radical (unpaired) electrons. The van der Waals surface area contributed by atoms with E-state index in [0.717, 1.165) is 24.0 Å². The van der Waals surface area contributed by atoms with E-state index >= 15 is 0 Å². The van der Waals surface area contributed by atoms with Crippen LogP contribution in [0.5, 0.6) is 0 Å². The topological polar surface area (TPSA) is 23.8 Å². The third-order valence-corrected chi connectivity index (χ3v) is 4.29. The Kier molecular flexibility index (Phi) is 3.44. The summed E-state index contributed by atoms with van der Waals surface area (Å²) in [4.78, 5) is 0. The van der Waals surface area contributed by atoms with Crippen LogP contribution in [0.4, 0.5) is 4.39 Å². The maximum atomic E-state index is 13.6. The molecule has 0 heterocycles. The van der Waals surface area contributed by atoms with Crippen LogP contribution in [0.1, 0.15) is 30.4 Å². The van der Waals surface area contributed by atoms with E-state index < -0.39 is 0 Å². The van der Waals surface area contributed by atoms with Crippen molar-refractivity contribution in [2.24, 2.45) is 11.8 Å². The number of nitriles is 1. The van der Waals surface area contributed by atoms with Gasteiger partial charge in [0.25, 0.3) is 0 Å². The number of hydrogen-bond acceptors (Lipinski definition) is 1. The molecule has 0 N–H and O–H groups in total. The molecule has 1 unspecified atom stereocenters. The molecule has 2 aliphatic rings. The number of hydrogen-bond donors (Lipinski definition) is 0. The summed E-state index contributed by atoms with van der Waals surface area (Å²) in [6.45, 7) is 1.78. The second-order valence-electron chi connectivity index (χ2n) is 5.94.